The van der Waals surface area contributed by atoms with E-state index in [9.17, 15) is 43.2 Å². The lowest BCUT2D eigenvalue weighted by Gasteiger charge is -2.21. The van der Waals surface area contributed by atoms with Gasteiger partial charge in [-0.3, -0.25) is 37.3 Å². The molecule has 0 saturated heterocycles. The van der Waals surface area contributed by atoms with Gasteiger partial charge < -0.3 is 33.8 Å². The second-order valence-electron chi connectivity index (χ2n) is 28.5. The standard InChI is InChI=1S/C81H154O17P2/c1-5-9-13-17-21-25-29-32-35-36-37-38-39-41-44-48-52-56-60-64-68-81(86)98-77(72-92-79(84)66-62-58-54-50-46-43-40-33-30-26-22-18-14-10-6-2)74-96-100(89,90)94-70-75(82)69-93-99(87,88)95-73-76(71-91-78(83)65-61-57-53-49-45-28-24-20-16-12-8-4)97-80(85)67-63-59-55-51-47-42-34-31-27-23-19-15-11-7-3/h26,30,33,40,75-77,82H,5-25,27-29,31-32,34-39,41-74H2,1-4H3,(H,87,88)(H,89,90)/b30-26-,40-33-/t75-,76+,77+/m0/s1. The molecule has 0 spiro atoms. The molecule has 0 rings (SSSR count). The number of hydrogen-bond donors (Lipinski definition) is 3. The van der Waals surface area contributed by atoms with E-state index < -0.39 is 97.5 Å². The van der Waals surface area contributed by atoms with E-state index in [0.29, 0.717) is 25.7 Å². The molecule has 0 aliphatic rings. The van der Waals surface area contributed by atoms with Crippen molar-refractivity contribution in [3.05, 3.63) is 24.3 Å². The molecule has 0 aromatic heterocycles. The molecule has 0 heterocycles. The summed E-state index contributed by atoms with van der Waals surface area (Å²) in [5.74, 6) is -2.13. The molecule has 0 aromatic carbocycles. The van der Waals surface area contributed by atoms with Crippen molar-refractivity contribution < 1.29 is 80.2 Å². The fraction of sp³-hybridized carbons (Fsp3) is 0.901. The molecule has 0 aliphatic carbocycles. The van der Waals surface area contributed by atoms with Gasteiger partial charge in [-0.05, 0) is 51.4 Å². The van der Waals surface area contributed by atoms with Crippen LogP contribution in [0.15, 0.2) is 24.3 Å². The molecule has 0 saturated carbocycles. The molecule has 100 heavy (non-hydrogen) atoms. The normalized spacial score (nSPS) is 13.9. The van der Waals surface area contributed by atoms with Gasteiger partial charge in [-0.15, -0.1) is 0 Å². The predicted molar refractivity (Wildman–Crippen MR) is 409 cm³/mol. The summed E-state index contributed by atoms with van der Waals surface area (Å²) in [4.78, 5) is 73.0. The van der Waals surface area contributed by atoms with Crippen molar-refractivity contribution in [3.63, 3.8) is 0 Å². The lowest BCUT2D eigenvalue weighted by Crippen LogP contribution is -2.30. The van der Waals surface area contributed by atoms with Crippen LogP contribution in [-0.4, -0.2) is 96.7 Å². The number of esters is 4. The molecule has 17 nitrogen and oxygen atoms in total. The minimum absolute atomic E-state index is 0.102. The third kappa shape index (κ3) is 73.8. The Morgan fingerprint density at radius 3 is 0.730 bits per heavy atom. The predicted octanol–water partition coefficient (Wildman–Crippen LogP) is 24.1. The largest absolute Gasteiger partial charge is 0.472 e. The van der Waals surface area contributed by atoms with Crippen molar-refractivity contribution in [2.75, 3.05) is 39.6 Å². The zero-order valence-electron chi connectivity index (χ0n) is 64.7. The summed E-state index contributed by atoms with van der Waals surface area (Å²) >= 11 is 0. The summed E-state index contributed by atoms with van der Waals surface area (Å²) in [6.07, 6.45) is 70.1. The Balaban J connectivity index is 5.26. The molecule has 590 valence electrons. The molecule has 0 radical (unpaired) electrons. The van der Waals surface area contributed by atoms with Gasteiger partial charge in [0, 0.05) is 25.7 Å². The Bertz CT molecular complexity index is 1990. The fourth-order valence-corrected chi connectivity index (χ4v) is 13.7. The van der Waals surface area contributed by atoms with E-state index in [1.807, 2.05) is 0 Å². The smallest absolute Gasteiger partial charge is 0.462 e. The highest BCUT2D eigenvalue weighted by molar-refractivity contribution is 7.47. The average molecular weight is 1460 g/mol. The number of phosphoric acid groups is 2. The van der Waals surface area contributed by atoms with E-state index in [-0.39, 0.29) is 25.7 Å². The molecule has 2 unspecified atom stereocenters. The van der Waals surface area contributed by atoms with Crippen molar-refractivity contribution >= 4 is 39.5 Å². The van der Waals surface area contributed by atoms with Crippen molar-refractivity contribution in [1.29, 1.82) is 0 Å². The van der Waals surface area contributed by atoms with Gasteiger partial charge in [-0.2, -0.15) is 0 Å². The summed E-state index contributed by atoms with van der Waals surface area (Å²) in [5, 5.41) is 10.6. The van der Waals surface area contributed by atoms with Gasteiger partial charge in [0.15, 0.2) is 12.2 Å². The summed E-state index contributed by atoms with van der Waals surface area (Å²) in [7, 11) is -9.93. The van der Waals surface area contributed by atoms with Crippen LogP contribution in [0.1, 0.15) is 413 Å². The molecular formula is C81H154O17P2. The Labute approximate surface area is 612 Å². The molecule has 0 amide bonds. The van der Waals surface area contributed by atoms with E-state index in [1.165, 1.54) is 225 Å². The molecule has 5 atom stereocenters. The van der Waals surface area contributed by atoms with Gasteiger partial charge in [0.25, 0.3) is 0 Å². The number of carbonyl (C=O) groups excluding carboxylic acids is 4. The maximum atomic E-state index is 13.1. The number of unbranched alkanes of at least 4 members (excludes halogenated alkanes) is 51. The number of allylic oxidation sites excluding steroid dienone is 4. The van der Waals surface area contributed by atoms with E-state index in [2.05, 4.69) is 52.0 Å². The Morgan fingerprint density at radius 2 is 0.480 bits per heavy atom. The number of aliphatic hydroxyl groups is 1. The number of aliphatic hydroxyl groups excluding tert-OH is 1. The first-order chi connectivity index (χ1) is 48.7. The minimum Gasteiger partial charge on any atom is -0.462 e. The van der Waals surface area contributed by atoms with E-state index in [0.717, 1.165) is 109 Å². The van der Waals surface area contributed by atoms with Gasteiger partial charge in [0.2, 0.25) is 0 Å². The molecule has 0 fully saturated rings. The van der Waals surface area contributed by atoms with Gasteiger partial charge in [0.1, 0.15) is 19.3 Å². The Morgan fingerprint density at radius 1 is 0.280 bits per heavy atom. The summed E-state index contributed by atoms with van der Waals surface area (Å²) < 4.78 is 68.7. The Kier molecular flexibility index (Phi) is 73.0. The van der Waals surface area contributed by atoms with Crippen LogP contribution in [0.4, 0.5) is 0 Å². The van der Waals surface area contributed by atoms with Gasteiger partial charge in [-0.25, -0.2) is 9.13 Å². The first-order valence-corrected chi connectivity index (χ1v) is 44.6. The number of rotatable bonds is 80. The average Bonchev–Trinajstić information content (AvgIpc) is 1.01. The SMILES string of the molecule is CCCCCC/C=C\C=C/CCCCCCCC(=O)OC[C@H](COP(=O)(O)OC[C@@H](O)COP(=O)(O)OC[C@@H](COC(=O)CCCCCCCCCCCCC)OC(=O)CCCCCCCCCCCCCCCC)OC(=O)CCCCCCCCCCCCCCCCCCCCCC. The van der Waals surface area contributed by atoms with Crippen LogP contribution < -0.4 is 0 Å². The third-order valence-corrected chi connectivity index (χ3v) is 20.4. The highest BCUT2D eigenvalue weighted by Gasteiger charge is 2.30. The van der Waals surface area contributed by atoms with Gasteiger partial charge >= 0.3 is 39.5 Å². The summed E-state index contributed by atoms with van der Waals surface area (Å²) in [6, 6.07) is 0. The molecule has 0 aromatic rings. The number of phosphoric ester groups is 2. The van der Waals surface area contributed by atoms with Crippen LogP contribution in [0.25, 0.3) is 0 Å². The fourth-order valence-electron chi connectivity index (χ4n) is 12.1. The highest BCUT2D eigenvalue weighted by Crippen LogP contribution is 2.45. The van der Waals surface area contributed by atoms with E-state index in [4.69, 9.17) is 37.0 Å². The second kappa shape index (κ2) is 74.8. The first-order valence-electron chi connectivity index (χ1n) is 41.6. The quantitative estimate of drug-likeness (QED) is 0.0169. The maximum Gasteiger partial charge on any atom is 0.472 e. The van der Waals surface area contributed by atoms with Crippen molar-refractivity contribution in [3.8, 4) is 0 Å². The molecule has 0 aliphatic heterocycles. The number of hydrogen-bond acceptors (Lipinski definition) is 15. The molecule has 19 heteroatoms. The lowest BCUT2D eigenvalue weighted by molar-refractivity contribution is -0.161. The third-order valence-electron chi connectivity index (χ3n) is 18.5. The van der Waals surface area contributed by atoms with E-state index in [1.54, 1.807) is 0 Å². The first kappa shape index (κ1) is 97.5. The summed E-state index contributed by atoms with van der Waals surface area (Å²) in [5.41, 5.74) is 0. The lowest BCUT2D eigenvalue weighted by atomic mass is 10.0. The maximum absolute atomic E-state index is 13.1. The Hall–Kier alpha value is -2.46. The van der Waals surface area contributed by atoms with Gasteiger partial charge in [-0.1, -0.05) is 360 Å². The van der Waals surface area contributed by atoms with Crippen LogP contribution in [0, 0.1) is 0 Å². The zero-order chi connectivity index (χ0) is 73.2. The topological polar surface area (TPSA) is 237 Å². The van der Waals surface area contributed by atoms with Crippen LogP contribution in [0.5, 0.6) is 0 Å². The number of carbonyl (C=O) groups is 4. The molecule has 3 N–H and O–H groups in total. The second-order valence-corrected chi connectivity index (χ2v) is 31.4. The van der Waals surface area contributed by atoms with Gasteiger partial charge in [0.05, 0.1) is 26.4 Å². The van der Waals surface area contributed by atoms with Crippen LogP contribution in [0.2, 0.25) is 0 Å². The summed E-state index contributed by atoms with van der Waals surface area (Å²) in [6.45, 7) is 4.96. The van der Waals surface area contributed by atoms with Crippen molar-refractivity contribution in [2.45, 2.75) is 431 Å². The highest BCUT2D eigenvalue weighted by atomic mass is 31.2. The van der Waals surface area contributed by atoms with Crippen molar-refractivity contribution in [1.82, 2.24) is 0 Å². The monoisotopic (exact) mass is 1460 g/mol. The van der Waals surface area contributed by atoms with Crippen LogP contribution in [-0.2, 0) is 65.4 Å². The van der Waals surface area contributed by atoms with E-state index >= 15 is 0 Å². The van der Waals surface area contributed by atoms with Crippen LogP contribution >= 0.6 is 15.6 Å². The zero-order valence-corrected chi connectivity index (χ0v) is 66.5. The minimum atomic E-state index is -4.97. The molecule has 0 bridgehead atoms. The van der Waals surface area contributed by atoms with Crippen molar-refractivity contribution in [2.24, 2.45) is 0 Å². The molecular weight excluding hydrogens is 1310 g/mol. The number of ether oxygens (including phenoxy) is 4. The van der Waals surface area contributed by atoms with Crippen LogP contribution in [0.3, 0.4) is 0 Å².